The first-order valence-electron chi connectivity index (χ1n) is 8.54. The predicted octanol–water partition coefficient (Wildman–Crippen LogP) is 2.57. The van der Waals surface area contributed by atoms with Crippen molar-refractivity contribution in [2.24, 2.45) is 5.41 Å². The third-order valence-corrected chi connectivity index (χ3v) is 4.81. The lowest BCUT2D eigenvalue weighted by atomic mass is 9.78. The molecule has 6 heteroatoms. The van der Waals surface area contributed by atoms with Crippen molar-refractivity contribution in [1.29, 1.82) is 0 Å². The number of ether oxygens (including phenoxy) is 1. The van der Waals surface area contributed by atoms with Crippen LogP contribution in [0.25, 0.3) is 10.9 Å². The fraction of sp³-hybridized carbons (Fsp3) is 0.556. The van der Waals surface area contributed by atoms with Crippen molar-refractivity contribution >= 4 is 22.5 Å². The summed E-state index contributed by atoms with van der Waals surface area (Å²) in [7, 11) is 1.66. The molecule has 24 heavy (non-hydrogen) atoms. The second-order valence-corrected chi connectivity index (χ2v) is 6.87. The monoisotopic (exact) mass is 330 g/mol. The van der Waals surface area contributed by atoms with E-state index in [1.807, 2.05) is 29.1 Å². The van der Waals surface area contributed by atoms with E-state index in [0.717, 1.165) is 42.5 Å². The number of benzene rings is 1. The highest BCUT2D eigenvalue weighted by Crippen LogP contribution is 2.31. The van der Waals surface area contributed by atoms with E-state index in [0.29, 0.717) is 6.61 Å². The van der Waals surface area contributed by atoms with Gasteiger partial charge in [-0.3, -0.25) is 9.48 Å². The van der Waals surface area contributed by atoms with Crippen molar-refractivity contribution in [2.75, 3.05) is 32.1 Å². The molecular weight excluding hydrogens is 304 g/mol. The van der Waals surface area contributed by atoms with Crippen LogP contribution in [0.5, 0.6) is 0 Å². The molecule has 2 N–H and O–H groups in total. The number of hydrogen-bond donors (Lipinski definition) is 2. The Hall–Kier alpha value is -1.92. The van der Waals surface area contributed by atoms with Crippen LogP contribution in [0.15, 0.2) is 24.4 Å². The van der Waals surface area contributed by atoms with Crippen molar-refractivity contribution in [3.05, 3.63) is 24.4 Å². The van der Waals surface area contributed by atoms with E-state index < -0.39 is 5.41 Å². The second-order valence-electron chi connectivity index (χ2n) is 6.87. The average Bonchev–Trinajstić information content (AvgIpc) is 2.99. The van der Waals surface area contributed by atoms with Gasteiger partial charge in [-0.15, -0.1) is 0 Å². The van der Waals surface area contributed by atoms with Crippen LogP contribution in [0, 0.1) is 5.41 Å². The van der Waals surface area contributed by atoms with E-state index in [1.165, 1.54) is 0 Å². The first kappa shape index (κ1) is 16.9. The van der Waals surface area contributed by atoms with E-state index in [2.05, 4.69) is 29.6 Å². The molecule has 2 heterocycles. The number of amides is 1. The Morgan fingerprint density at radius 2 is 2.17 bits per heavy atom. The van der Waals surface area contributed by atoms with Gasteiger partial charge < -0.3 is 15.4 Å². The Balaban J connectivity index is 1.85. The lowest BCUT2D eigenvalue weighted by Gasteiger charge is -2.35. The van der Waals surface area contributed by atoms with Crippen LogP contribution in [-0.2, 0) is 9.53 Å². The van der Waals surface area contributed by atoms with Crippen molar-refractivity contribution in [2.45, 2.75) is 32.7 Å². The molecule has 1 aliphatic rings. The highest BCUT2D eigenvalue weighted by molar-refractivity contribution is 5.97. The molecule has 0 bridgehead atoms. The number of anilines is 1. The molecule has 0 atom stereocenters. The highest BCUT2D eigenvalue weighted by Gasteiger charge is 2.39. The van der Waals surface area contributed by atoms with Gasteiger partial charge in [0.2, 0.25) is 5.91 Å². The summed E-state index contributed by atoms with van der Waals surface area (Å²) in [5.41, 5.74) is 1.39. The fourth-order valence-corrected chi connectivity index (χ4v) is 3.41. The molecule has 0 aliphatic carbocycles. The smallest absolute Gasteiger partial charge is 0.233 e. The summed E-state index contributed by atoms with van der Waals surface area (Å²) in [5, 5.41) is 11.9. The minimum absolute atomic E-state index is 0.0424. The maximum atomic E-state index is 12.9. The van der Waals surface area contributed by atoms with Gasteiger partial charge in [0, 0.05) is 24.2 Å². The molecule has 1 saturated heterocycles. The average molecular weight is 330 g/mol. The molecular formula is C18H26N4O2. The first-order chi connectivity index (χ1) is 11.6. The second kappa shape index (κ2) is 6.91. The lowest BCUT2D eigenvalue weighted by Crippen LogP contribution is -2.47. The normalized spacial score (nSPS) is 17.3. The van der Waals surface area contributed by atoms with E-state index in [1.54, 1.807) is 7.11 Å². The molecule has 1 aromatic heterocycles. The van der Waals surface area contributed by atoms with Gasteiger partial charge in [0.1, 0.15) is 0 Å². The van der Waals surface area contributed by atoms with Gasteiger partial charge in [-0.25, -0.2) is 0 Å². The summed E-state index contributed by atoms with van der Waals surface area (Å²) in [4.78, 5) is 12.9. The number of piperidine rings is 1. The predicted molar refractivity (Wildman–Crippen MR) is 95.2 cm³/mol. The summed E-state index contributed by atoms with van der Waals surface area (Å²) < 4.78 is 7.32. The molecule has 1 aliphatic heterocycles. The molecule has 0 spiro atoms. The van der Waals surface area contributed by atoms with Crippen LogP contribution in [0.4, 0.5) is 5.69 Å². The molecule has 0 saturated carbocycles. The molecule has 0 unspecified atom stereocenters. The number of hydrogen-bond acceptors (Lipinski definition) is 4. The minimum atomic E-state index is -0.451. The Kier molecular flexibility index (Phi) is 4.87. The third kappa shape index (κ3) is 3.16. The number of fused-ring (bicyclic) bond motifs is 1. The Morgan fingerprint density at radius 1 is 1.42 bits per heavy atom. The van der Waals surface area contributed by atoms with Crippen LogP contribution >= 0.6 is 0 Å². The van der Waals surface area contributed by atoms with Crippen molar-refractivity contribution < 1.29 is 9.53 Å². The molecule has 1 fully saturated rings. The van der Waals surface area contributed by atoms with Gasteiger partial charge in [0.15, 0.2) is 0 Å². The first-order valence-corrected chi connectivity index (χ1v) is 8.54. The molecule has 6 nitrogen and oxygen atoms in total. The highest BCUT2D eigenvalue weighted by atomic mass is 16.5. The summed E-state index contributed by atoms with van der Waals surface area (Å²) in [5.74, 6) is 0.0424. The van der Waals surface area contributed by atoms with Crippen LogP contribution in [0.3, 0.4) is 0 Å². The summed E-state index contributed by atoms with van der Waals surface area (Å²) in [6.45, 7) is 6.33. The molecule has 130 valence electrons. The van der Waals surface area contributed by atoms with Crippen molar-refractivity contribution in [3.63, 3.8) is 0 Å². The maximum absolute atomic E-state index is 12.9. The third-order valence-electron chi connectivity index (χ3n) is 4.81. The van der Waals surface area contributed by atoms with Gasteiger partial charge in [0.25, 0.3) is 0 Å². The summed E-state index contributed by atoms with van der Waals surface area (Å²) in [6, 6.07) is 6.22. The van der Waals surface area contributed by atoms with Crippen LogP contribution in [-0.4, -0.2) is 42.5 Å². The number of nitrogens with one attached hydrogen (secondary N) is 2. The molecule has 0 radical (unpaired) electrons. The number of methoxy groups -OCH3 is 1. The Labute approximate surface area is 142 Å². The van der Waals surface area contributed by atoms with Crippen molar-refractivity contribution in [1.82, 2.24) is 15.1 Å². The Bertz CT molecular complexity index is 711. The van der Waals surface area contributed by atoms with Gasteiger partial charge in [0.05, 0.1) is 23.7 Å². The van der Waals surface area contributed by atoms with Crippen LogP contribution in [0.2, 0.25) is 0 Å². The SMILES string of the molecule is COCC1(C(=O)Nc2ccc3cnn(C(C)C)c3c2)CCNCC1. The minimum Gasteiger partial charge on any atom is -0.384 e. The quantitative estimate of drug-likeness (QED) is 0.884. The lowest BCUT2D eigenvalue weighted by molar-refractivity contribution is -0.130. The zero-order valence-corrected chi connectivity index (χ0v) is 14.6. The number of carbonyl (C=O) groups excluding carboxylic acids is 1. The largest absolute Gasteiger partial charge is 0.384 e. The number of carbonyl (C=O) groups is 1. The van der Waals surface area contributed by atoms with Gasteiger partial charge in [-0.05, 0) is 58.0 Å². The van der Waals surface area contributed by atoms with Crippen molar-refractivity contribution in [3.8, 4) is 0 Å². The van der Waals surface area contributed by atoms with E-state index in [-0.39, 0.29) is 11.9 Å². The van der Waals surface area contributed by atoms with E-state index in [9.17, 15) is 4.79 Å². The van der Waals surface area contributed by atoms with Crippen LogP contribution < -0.4 is 10.6 Å². The fourth-order valence-electron chi connectivity index (χ4n) is 3.41. The Morgan fingerprint density at radius 3 is 2.83 bits per heavy atom. The van der Waals surface area contributed by atoms with E-state index in [4.69, 9.17) is 4.74 Å². The molecule has 3 rings (SSSR count). The topological polar surface area (TPSA) is 68.2 Å². The molecule has 1 aromatic carbocycles. The summed E-state index contributed by atoms with van der Waals surface area (Å²) in [6.07, 6.45) is 3.44. The summed E-state index contributed by atoms with van der Waals surface area (Å²) >= 11 is 0. The molecule has 1 amide bonds. The number of aromatic nitrogens is 2. The standard InChI is InChI=1S/C18H26N4O2/c1-13(2)22-16-10-15(5-4-14(16)11-20-22)21-17(23)18(12-24-3)6-8-19-9-7-18/h4-5,10-11,13,19H,6-9,12H2,1-3H3,(H,21,23). The zero-order valence-electron chi connectivity index (χ0n) is 14.6. The number of rotatable bonds is 5. The zero-order chi connectivity index (χ0) is 17.2. The van der Waals surface area contributed by atoms with Crippen LogP contribution in [0.1, 0.15) is 32.7 Å². The molecule has 2 aromatic rings. The van der Waals surface area contributed by atoms with E-state index >= 15 is 0 Å². The maximum Gasteiger partial charge on any atom is 0.233 e. The van der Waals surface area contributed by atoms with Gasteiger partial charge in [-0.2, -0.15) is 5.10 Å². The van der Waals surface area contributed by atoms with Gasteiger partial charge in [-0.1, -0.05) is 0 Å². The van der Waals surface area contributed by atoms with Gasteiger partial charge >= 0.3 is 0 Å². The number of nitrogens with zero attached hydrogens (tertiary/aromatic N) is 2.